The van der Waals surface area contributed by atoms with Crippen LogP contribution in [0.5, 0.6) is 5.75 Å². The van der Waals surface area contributed by atoms with Crippen molar-refractivity contribution < 1.29 is 27.8 Å². The Labute approximate surface area is 271 Å². The molecule has 1 spiro atoms. The molecular formula is C35H43ClN2O6S. The van der Waals surface area contributed by atoms with Gasteiger partial charge in [0.05, 0.1) is 29.8 Å². The Balaban J connectivity index is 1.26. The van der Waals surface area contributed by atoms with Crippen molar-refractivity contribution in [1.82, 2.24) is 4.72 Å². The summed E-state index contributed by atoms with van der Waals surface area (Å²) in [6, 6.07) is 11.4. The minimum absolute atomic E-state index is 0.119. The van der Waals surface area contributed by atoms with Crippen molar-refractivity contribution in [1.29, 1.82) is 0 Å². The molecule has 2 N–H and O–H groups in total. The van der Waals surface area contributed by atoms with E-state index in [4.69, 9.17) is 21.1 Å². The van der Waals surface area contributed by atoms with Crippen LogP contribution in [0.25, 0.3) is 0 Å². The first-order chi connectivity index (χ1) is 21.7. The third kappa shape index (κ3) is 6.25. The third-order valence-corrected chi connectivity index (χ3v) is 12.9. The number of sulfonamides is 1. The van der Waals surface area contributed by atoms with E-state index in [1.807, 2.05) is 18.2 Å². The van der Waals surface area contributed by atoms with Crippen LogP contribution in [0.15, 0.2) is 48.6 Å². The molecule has 0 unspecified atom stereocenters. The Morgan fingerprint density at radius 2 is 1.98 bits per heavy atom. The first-order valence-electron chi connectivity index (χ1n) is 16.5. The van der Waals surface area contributed by atoms with Crippen molar-refractivity contribution in [3.8, 4) is 5.75 Å². The number of nitrogens with zero attached hydrogens (tertiary/aromatic N) is 1. The fourth-order valence-corrected chi connectivity index (χ4v) is 9.92. The number of benzene rings is 2. The Morgan fingerprint density at radius 3 is 2.78 bits per heavy atom. The summed E-state index contributed by atoms with van der Waals surface area (Å²) in [5.41, 5.74) is 3.31. The van der Waals surface area contributed by atoms with Crippen molar-refractivity contribution in [2.75, 3.05) is 31.2 Å². The number of nitrogens with one attached hydrogen (secondary N) is 1. The van der Waals surface area contributed by atoms with Crippen LogP contribution in [0.3, 0.4) is 0 Å². The number of fused-ring (bicyclic) bond motifs is 4. The SMILES string of the molecule is O=C1NS(=O)(=O)[C@@H](C[C@H]2CCCO2)CC/C=C\[C@H](O)[C@@H]2CC[C@H]2CN2C[C@@]3(CCCc4cc(Cl)ccc43)COc3ccc1cc32. The van der Waals surface area contributed by atoms with Gasteiger partial charge in [0.25, 0.3) is 5.91 Å². The predicted octanol–water partition coefficient (Wildman–Crippen LogP) is 5.55. The smallest absolute Gasteiger partial charge is 0.264 e. The van der Waals surface area contributed by atoms with Gasteiger partial charge < -0.3 is 19.5 Å². The van der Waals surface area contributed by atoms with Crippen LogP contribution < -0.4 is 14.4 Å². The molecule has 2 aliphatic carbocycles. The van der Waals surface area contributed by atoms with Crippen molar-refractivity contribution in [3.05, 3.63) is 70.3 Å². The molecule has 6 atom stereocenters. The van der Waals surface area contributed by atoms with Gasteiger partial charge in [0.15, 0.2) is 0 Å². The molecule has 5 aliphatic rings. The van der Waals surface area contributed by atoms with E-state index >= 15 is 0 Å². The summed E-state index contributed by atoms with van der Waals surface area (Å²) in [6.45, 7) is 2.53. The number of carbonyl (C=O) groups is 1. The third-order valence-electron chi connectivity index (χ3n) is 10.9. The molecule has 242 valence electrons. The van der Waals surface area contributed by atoms with Gasteiger partial charge in [0.1, 0.15) is 5.75 Å². The summed E-state index contributed by atoms with van der Waals surface area (Å²) in [6.07, 6.45) is 10.8. The van der Waals surface area contributed by atoms with Crippen LogP contribution in [0.2, 0.25) is 5.02 Å². The van der Waals surface area contributed by atoms with E-state index in [0.29, 0.717) is 51.3 Å². The van der Waals surface area contributed by atoms with Gasteiger partial charge in [0.2, 0.25) is 10.0 Å². The number of anilines is 1. The minimum atomic E-state index is -3.99. The van der Waals surface area contributed by atoms with Gasteiger partial charge in [-0.3, -0.25) is 4.79 Å². The number of amides is 1. The fourth-order valence-electron chi connectivity index (χ4n) is 8.26. The maximum Gasteiger partial charge on any atom is 0.264 e. The molecule has 2 aromatic carbocycles. The first kappa shape index (κ1) is 31.0. The highest BCUT2D eigenvalue weighted by Crippen LogP contribution is 2.46. The van der Waals surface area contributed by atoms with Gasteiger partial charge in [0, 0.05) is 35.7 Å². The van der Waals surface area contributed by atoms with Crippen LogP contribution in [-0.4, -0.2) is 63.2 Å². The number of aliphatic hydroxyl groups is 1. The molecule has 2 fully saturated rings. The van der Waals surface area contributed by atoms with E-state index < -0.39 is 27.3 Å². The monoisotopic (exact) mass is 654 g/mol. The number of hydrogen-bond donors (Lipinski definition) is 2. The zero-order valence-corrected chi connectivity index (χ0v) is 27.2. The van der Waals surface area contributed by atoms with E-state index in [2.05, 4.69) is 21.8 Å². The van der Waals surface area contributed by atoms with E-state index in [1.54, 1.807) is 18.2 Å². The van der Waals surface area contributed by atoms with Gasteiger partial charge in [-0.15, -0.1) is 0 Å². The highest BCUT2D eigenvalue weighted by molar-refractivity contribution is 7.90. The molecule has 1 saturated heterocycles. The zero-order chi connectivity index (χ0) is 31.2. The zero-order valence-electron chi connectivity index (χ0n) is 25.6. The standard InChI is InChI=1S/C35H43ClN2O6S/c36-26-11-13-30-23(17-26)5-3-15-35(30)21-38-20-25-9-12-29(25)32(39)8-2-1-7-28(19-27-6-4-16-43-27)45(41,42)37-34(40)24-10-14-33(44-22-35)31(38)18-24/h2,8,10-11,13-14,17-18,25,27-29,32,39H,1,3-7,9,12,15-16,19-22H2,(H,37,40)/b8-2-/t25-,27+,28+,29+,32-,35-/m0/s1. The molecule has 1 saturated carbocycles. The normalized spacial score (nSPS) is 33.6. The lowest BCUT2D eigenvalue weighted by Crippen LogP contribution is -2.49. The Bertz CT molecular complexity index is 1570. The first-order valence-corrected chi connectivity index (χ1v) is 18.5. The highest BCUT2D eigenvalue weighted by atomic mass is 35.5. The van der Waals surface area contributed by atoms with Gasteiger partial charge in [-0.2, -0.15) is 0 Å². The maximum absolute atomic E-state index is 13.6. The van der Waals surface area contributed by atoms with Gasteiger partial charge in [-0.25, -0.2) is 13.1 Å². The Morgan fingerprint density at radius 1 is 1.09 bits per heavy atom. The number of ether oxygens (including phenoxy) is 2. The number of halogens is 1. The summed E-state index contributed by atoms with van der Waals surface area (Å²) in [5.74, 6) is 0.444. The number of hydrogen-bond acceptors (Lipinski definition) is 7. The topological polar surface area (TPSA) is 105 Å². The molecule has 3 aliphatic heterocycles. The Kier molecular flexibility index (Phi) is 8.65. The number of allylic oxidation sites excluding steroid dienone is 1. The van der Waals surface area contributed by atoms with Crippen molar-refractivity contribution in [3.63, 3.8) is 0 Å². The van der Waals surface area contributed by atoms with Crippen LogP contribution in [0.1, 0.15) is 79.3 Å². The van der Waals surface area contributed by atoms with Crippen molar-refractivity contribution in [2.45, 2.75) is 87.1 Å². The van der Waals surface area contributed by atoms with Crippen LogP contribution >= 0.6 is 11.6 Å². The number of carbonyl (C=O) groups excluding carboxylic acids is 1. The quantitative estimate of drug-likeness (QED) is 0.410. The van der Waals surface area contributed by atoms with Crippen LogP contribution in [0.4, 0.5) is 5.69 Å². The molecule has 2 bridgehead atoms. The highest BCUT2D eigenvalue weighted by Gasteiger charge is 2.44. The summed E-state index contributed by atoms with van der Waals surface area (Å²) in [4.78, 5) is 15.9. The van der Waals surface area contributed by atoms with E-state index in [1.165, 1.54) is 11.1 Å². The molecule has 10 heteroatoms. The Hall–Kier alpha value is -2.59. The number of aliphatic hydroxyl groups excluding tert-OH is 1. The number of rotatable bonds is 2. The van der Waals surface area contributed by atoms with Crippen LogP contribution in [-0.2, 0) is 26.6 Å². The molecule has 45 heavy (non-hydrogen) atoms. The van der Waals surface area contributed by atoms with Crippen LogP contribution in [0, 0.1) is 11.8 Å². The lowest BCUT2D eigenvalue weighted by Gasteiger charge is -2.45. The van der Waals surface area contributed by atoms with Crippen molar-refractivity contribution in [2.24, 2.45) is 11.8 Å². The summed E-state index contributed by atoms with van der Waals surface area (Å²) < 4.78 is 42.0. The van der Waals surface area contributed by atoms with Gasteiger partial charge in [-0.05, 0) is 118 Å². The second kappa shape index (κ2) is 12.5. The van der Waals surface area contributed by atoms with E-state index in [-0.39, 0.29) is 28.9 Å². The fraction of sp³-hybridized carbons (Fsp3) is 0.571. The average molecular weight is 655 g/mol. The van der Waals surface area contributed by atoms with Gasteiger partial charge in [-0.1, -0.05) is 29.8 Å². The average Bonchev–Trinajstić information content (AvgIpc) is 3.46. The molecule has 7 rings (SSSR count). The molecule has 1 amide bonds. The second-order valence-electron chi connectivity index (χ2n) is 13.8. The number of aryl methyl sites for hydroxylation is 1. The summed E-state index contributed by atoms with van der Waals surface area (Å²) in [7, 11) is -3.99. The molecule has 0 aromatic heterocycles. The molecular weight excluding hydrogens is 612 g/mol. The minimum Gasteiger partial charge on any atom is -0.490 e. The summed E-state index contributed by atoms with van der Waals surface area (Å²) in [5, 5.41) is 11.2. The molecule has 0 radical (unpaired) electrons. The molecule has 8 nitrogen and oxygen atoms in total. The summed E-state index contributed by atoms with van der Waals surface area (Å²) >= 11 is 6.41. The molecule has 3 heterocycles. The lowest BCUT2D eigenvalue weighted by atomic mass is 9.68. The predicted molar refractivity (Wildman–Crippen MR) is 175 cm³/mol. The van der Waals surface area contributed by atoms with Crippen molar-refractivity contribution >= 4 is 33.2 Å². The largest absolute Gasteiger partial charge is 0.490 e. The van der Waals surface area contributed by atoms with Gasteiger partial charge >= 0.3 is 0 Å². The van der Waals surface area contributed by atoms with E-state index in [0.717, 1.165) is 55.7 Å². The lowest BCUT2D eigenvalue weighted by molar-refractivity contribution is 0.0456. The molecule has 2 aromatic rings. The second-order valence-corrected chi connectivity index (χ2v) is 16.2. The van der Waals surface area contributed by atoms with E-state index in [9.17, 15) is 18.3 Å². The maximum atomic E-state index is 13.6.